The van der Waals surface area contributed by atoms with Crippen molar-refractivity contribution in [3.63, 3.8) is 0 Å². The zero-order valence-electron chi connectivity index (χ0n) is 14.8. The second-order valence-electron chi connectivity index (χ2n) is 4.97. The van der Waals surface area contributed by atoms with Gasteiger partial charge in [-0.05, 0) is 18.2 Å². The highest BCUT2D eigenvalue weighted by Crippen LogP contribution is 2.16. The van der Waals surface area contributed by atoms with E-state index in [0.717, 1.165) is 5.75 Å². The number of nitrogens with zero attached hydrogens (tertiary/aromatic N) is 2. The Morgan fingerprint density at radius 2 is 2.08 bits per heavy atom. The van der Waals surface area contributed by atoms with Crippen molar-refractivity contribution in [2.45, 2.75) is 0 Å². The highest BCUT2D eigenvalue weighted by atomic mass is 127. The van der Waals surface area contributed by atoms with Crippen LogP contribution in [0.25, 0.3) is 0 Å². The van der Waals surface area contributed by atoms with Crippen LogP contribution < -0.4 is 15.4 Å². The van der Waals surface area contributed by atoms with Crippen molar-refractivity contribution in [3.8, 4) is 5.75 Å². The average Bonchev–Trinajstić information content (AvgIpc) is 2.56. The number of guanidine groups is 1. The first-order valence-corrected chi connectivity index (χ1v) is 8.00. The summed E-state index contributed by atoms with van der Waals surface area (Å²) in [6.45, 7) is 2.20. The Morgan fingerprint density at radius 1 is 1.32 bits per heavy atom. The topological polar surface area (TPSA) is 75.2 Å². The first-order valence-electron chi connectivity index (χ1n) is 7.62. The predicted octanol–water partition coefficient (Wildman–Crippen LogP) is 1.61. The molecule has 0 saturated carbocycles. The second kappa shape index (κ2) is 14.0. The van der Waals surface area contributed by atoms with Gasteiger partial charge in [-0.25, -0.2) is 0 Å². The fourth-order valence-corrected chi connectivity index (χ4v) is 2.04. The number of methoxy groups -OCH3 is 1. The molecule has 1 aromatic rings. The number of ether oxygens (including phenoxy) is 2. The van der Waals surface area contributed by atoms with E-state index in [-0.39, 0.29) is 36.4 Å². The van der Waals surface area contributed by atoms with E-state index in [0.29, 0.717) is 37.3 Å². The van der Waals surface area contributed by atoms with Gasteiger partial charge in [0.05, 0.1) is 19.7 Å². The monoisotopic (exact) mass is 484 g/mol. The minimum atomic E-state index is -0.114. The predicted molar refractivity (Wildman–Crippen MR) is 111 cm³/mol. The van der Waals surface area contributed by atoms with Gasteiger partial charge in [0.2, 0.25) is 5.91 Å². The lowest BCUT2D eigenvalue weighted by Gasteiger charge is -2.22. The van der Waals surface area contributed by atoms with E-state index < -0.39 is 0 Å². The van der Waals surface area contributed by atoms with Crippen LogP contribution in [0.3, 0.4) is 0 Å². The average molecular weight is 485 g/mol. The van der Waals surface area contributed by atoms with Gasteiger partial charge in [0.1, 0.15) is 12.4 Å². The van der Waals surface area contributed by atoms with Gasteiger partial charge >= 0.3 is 0 Å². The molecule has 7 nitrogen and oxygen atoms in total. The Kier molecular flexibility index (Phi) is 13.3. The molecule has 1 aromatic carbocycles. The Bertz CT molecular complexity index is 546. The summed E-state index contributed by atoms with van der Waals surface area (Å²) >= 11 is 5.91. The molecule has 25 heavy (non-hydrogen) atoms. The van der Waals surface area contributed by atoms with Gasteiger partial charge in [-0.2, -0.15) is 0 Å². The Hall–Kier alpha value is -1.26. The maximum atomic E-state index is 11.7. The molecule has 0 atom stereocenters. The van der Waals surface area contributed by atoms with E-state index >= 15 is 0 Å². The summed E-state index contributed by atoms with van der Waals surface area (Å²) < 4.78 is 10.5. The van der Waals surface area contributed by atoms with Crippen molar-refractivity contribution in [2.24, 2.45) is 4.99 Å². The summed E-state index contributed by atoms with van der Waals surface area (Å²) in [7, 11) is 5.13. The smallest absolute Gasteiger partial charge is 0.239 e. The second-order valence-corrected chi connectivity index (χ2v) is 5.41. The number of likely N-dealkylation sites (N-methyl/N-ethyl adjacent to an activating group) is 1. The molecule has 0 aliphatic heterocycles. The largest absolute Gasteiger partial charge is 0.492 e. The number of carbonyl (C=O) groups is 1. The molecule has 9 heteroatoms. The molecular formula is C16H26ClIN4O3. The summed E-state index contributed by atoms with van der Waals surface area (Å²) in [4.78, 5) is 17.7. The zero-order valence-corrected chi connectivity index (χ0v) is 17.8. The van der Waals surface area contributed by atoms with Gasteiger partial charge in [0, 0.05) is 32.8 Å². The van der Waals surface area contributed by atoms with E-state index in [1.807, 2.05) is 24.1 Å². The molecule has 0 aliphatic rings. The van der Waals surface area contributed by atoms with E-state index in [2.05, 4.69) is 15.6 Å². The van der Waals surface area contributed by atoms with E-state index in [4.69, 9.17) is 21.1 Å². The lowest BCUT2D eigenvalue weighted by Crippen LogP contribution is -2.45. The molecule has 0 unspecified atom stereocenters. The minimum Gasteiger partial charge on any atom is -0.492 e. The molecule has 0 bridgehead atoms. The lowest BCUT2D eigenvalue weighted by molar-refractivity contribution is -0.120. The molecule has 0 heterocycles. The summed E-state index contributed by atoms with van der Waals surface area (Å²) in [6.07, 6.45) is 0. The highest BCUT2D eigenvalue weighted by molar-refractivity contribution is 14.0. The molecule has 1 amide bonds. The molecule has 0 fully saturated rings. The van der Waals surface area contributed by atoms with E-state index in [1.165, 1.54) is 0 Å². The molecular weight excluding hydrogens is 459 g/mol. The van der Waals surface area contributed by atoms with Crippen molar-refractivity contribution in [3.05, 3.63) is 29.3 Å². The van der Waals surface area contributed by atoms with Crippen LogP contribution in [-0.4, -0.2) is 70.8 Å². The number of hydrogen-bond acceptors (Lipinski definition) is 4. The van der Waals surface area contributed by atoms with Crippen LogP contribution in [0.2, 0.25) is 5.02 Å². The van der Waals surface area contributed by atoms with Crippen molar-refractivity contribution < 1.29 is 14.3 Å². The molecule has 0 spiro atoms. The van der Waals surface area contributed by atoms with Crippen molar-refractivity contribution in [1.29, 1.82) is 0 Å². The van der Waals surface area contributed by atoms with Gasteiger partial charge in [0.15, 0.2) is 5.96 Å². The number of nitrogens with one attached hydrogen (secondary N) is 2. The number of aliphatic imine (C=N–C) groups is 1. The highest BCUT2D eigenvalue weighted by Gasteiger charge is 2.08. The molecule has 1 rings (SSSR count). The summed E-state index contributed by atoms with van der Waals surface area (Å²) in [6, 6.07) is 7.25. The van der Waals surface area contributed by atoms with Gasteiger partial charge in [-0.15, -0.1) is 24.0 Å². The maximum Gasteiger partial charge on any atom is 0.239 e. The number of halogens is 2. The standard InChI is InChI=1S/C16H25ClN4O3.HI/c1-18-16(20-12-15(22)19-7-9-23-3)21(2)8-10-24-14-6-4-5-13(17)11-14;/h4-6,11H,7-10,12H2,1-3H3,(H,18,20)(H,19,22);1H. The van der Waals surface area contributed by atoms with Crippen LogP contribution in [0.5, 0.6) is 5.75 Å². The van der Waals surface area contributed by atoms with Crippen molar-refractivity contribution in [1.82, 2.24) is 15.5 Å². The van der Waals surface area contributed by atoms with Crippen LogP contribution in [-0.2, 0) is 9.53 Å². The van der Waals surface area contributed by atoms with Crippen LogP contribution in [0, 0.1) is 0 Å². The van der Waals surface area contributed by atoms with Gasteiger partial charge in [0.25, 0.3) is 0 Å². The summed E-state index contributed by atoms with van der Waals surface area (Å²) in [5.74, 6) is 1.22. The first kappa shape index (κ1) is 23.7. The number of benzene rings is 1. The first-order chi connectivity index (χ1) is 11.6. The molecule has 0 radical (unpaired) electrons. The van der Waals surface area contributed by atoms with Crippen molar-refractivity contribution in [2.75, 3.05) is 54.1 Å². The van der Waals surface area contributed by atoms with Crippen LogP contribution in [0.4, 0.5) is 0 Å². The zero-order chi connectivity index (χ0) is 17.8. The third kappa shape index (κ3) is 10.4. The lowest BCUT2D eigenvalue weighted by atomic mass is 10.3. The van der Waals surface area contributed by atoms with E-state index in [9.17, 15) is 4.79 Å². The van der Waals surface area contributed by atoms with Gasteiger partial charge in [-0.1, -0.05) is 17.7 Å². The van der Waals surface area contributed by atoms with E-state index in [1.54, 1.807) is 26.3 Å². The third-order valence-electron chi connectivity index (χ3n) is 3.10. The summed E-state index contributed by atoms with van der Waals surface area (Å²) in [5, 5.41) is 6.37. The number of carbonyl (C=O) groups excluding carboxylic acids is 1. The molecule has 142 valence electrons. The van der Waals surface area contributed by atoms with Crippen LogP contribution in [0.1, 0.15) is 0 Å². The summed E-state index contributed by atoms with van der Waals surface area (Å²) in [5.41, 5.74) is 0. The molecule has 2 N–H and O–H groups in total. The number of hydrogen-bond donors (Lipinski definition) is 2. The Labute approximate surface area is 171 Å². The maximum absolute atomic E-state index is 11.7. The number of rotatable bonds is 9. The Morgan fingerprint density at radius 3 is 2.72 bits per heavy atom. The van der Waals surface area contributed by atoms with Crippen LogP contribution in [0.15, 0.2) is 29.3 Å². The fourth-order valence-electron chi connectivity index (χ4n) is 1.86. The SMILES string of the molecule is CN=C(NCC(=O)NCCOC)N(C)CCOc1cccc(Cl)c1.I. The fraction of sp³-hybridized carbons (Fsp3) is 0.500. The normalized spacial score (nSPS) is 10.6. The minimum absolute atomic E-state index is 0. The molecule has 0 aromatic heterocycles. The molecule has 0 saturated heterocycles. The Balaban J connectivity index is 0.00000576. The third-order valence-corrected chi connectivity index (χ3v) is 3.34. The van der Waals surface area contributed by atoms with Gasteiger partial charge in [-0.3, -0.25) is 9.79 Å². The molecule has 0 aliphatic carbocycles. The van der Waals surface area contributed by atoms with Gasteiger partial charge < -0.3 is 25.0 Å². The quantitative estimate of drug-likeness (QED) is 0.241. The number of amides is 1. The van der Waals surface area contributed by atoms with Crippen LogP contribution >= 0.6 is 35.6 Å². The van der Waals surface area contributed by atoms with Crippen molar-refractivity contribution >= 4 is 47.4 Å².